The zero-order valence-corrected chi connectivity index (χ0v) is 17.4. The van der Waals surface area contributed by atoms with Gasteiger partial charge in [0.2, 0.25) is 0 Å². The van der Waals surface area contributed by atoms with Gasteiger partial charge in [0, 0.05) is 15.7 Å². The molecule has 0 aliphatic carbocycles. The van der Waals surface area contributed by atoms with Crippen molar-refractivity contribution in [3.8, 4) is 11.5 Å². The van der Waals surface area contributed by atoms with Gasteiger partial charge in [-0.15, -0.1) is 0 Å². The Balaban J connectivity index is 2.63. The van der Waals surface area contributed by atoms with Crippen LogP contribution in [0, 0.1) is 0 Å². The molecule has 0 saturated carbocycles. The van der Waals surface area contributed by atoms with E-state index in [0.29, 0.717) is 0 Å². The van der Waals surface area contributed by atoms with Crippen molar-refractivity contribution in [3.63, 3.8) is 0 Å². The number of halogens is 9. The predicted octanol–water partition coefficient (Wildman–Crippen LogP) is 5.36. The zero-order valence-electron chi connectivity index (χ0n) is 15.7. The van der Waals surface area contributed by atoms with Gasteiger partial charge < -0.3 is 10.2 Å². The second kappa shape index (κ2) is 7.48. The third-order valence-electron chi connectivity index (χ3n) is 4.18. The van der Waals surface area contributed by atoms with Gasteiger partial charge in [0.15, 0.2) is 0 Å². The molecule has 0 amide bonds. The van der Waals surface area contributed by atoms with Crippen molar-refractivity contribution in [1.29, 1.82) is 0 Å². The van der Waals surface area contributed by atoms with Crippen molar-refractivity contribution in [2.24, 2.45) is 0 Å². The smallest absolute Gasteiger partial charge is 0.460 e. The highest BCUT2D eigenvalue weighted by Crippen LogP contribution is 2.61. The Labute approximate surface area is 176 Å². The van der Waals surface area contributed by atoms with E-state index in [1.54, 1.807) is 0 Å². The second-order valence-corrected chi connectivity index (χ2v) is 11.6. The second-order valence-electron chi connectivity index (χ2n) is 6.70. The van der Waals surface area contributed by atoms with Crippen LogP contribution in [0.3, 0.4) is 0 Å². The predicted molar refractivity (Wildman–Crippen MR) is 95.9 cm³/mol. The van der Waals surface area contributed by atoms with E-state index in [0.717, 1.165) is 30.7 Å². The summed E-state index contributed by atoms with van der Waals surface area (Å²) < 4.78 is 146. The molecule has 0 heterocycles. The van der Waals surface area contributed by atoms with Gasteiger partial charge >= 0.3 is 33.4 Å². The van der Waals surface area contributed by atoms with Crippen LogP contribution in [0.1, 0.15) is 0 Å². The van der Waals surface area contributed by atoms with Crippen LogP contribution in [0.15, 0.2) is 35.2 Å². The summed E-state index contributed by atoms with van der Waals surface area (Å²) >= 11 is 0. The molecule has 0 radical (unpaired) electrons. The number of hydrogen-bond acceptors (Lipinski definition) is 5. The number of hydrogen-bond donors (Lipinski definition) is 2. The van der Waals surface area contributed by atoms with Gasteiger partial charge in [-0.1, -0.05) is 22.4 Å². The molecule has 0 aliphatic heterocycles. The van der Waals surface area contributed by atoms with Crippen molar-refractivity contribution in [2.45, 2.75) is 28.2 Å². The minimum Gasteiger partial charge on any atom is -0.507 e. The Bertz CT molecular complexity index is 1140. The largest absolute Gasteiger partial charge is 0.507 e. The zero-order chi connectivity index (χ0) is 25.1. The lowest BCUT2D eigenvalue weighted by Crippen LogP contribution is -2.63. The molecule has 2 rings (SSSR count). The first-order valence-corrected chi connectivity index (χ1v) is 11.7. The fourth-order valence-electron chi connectivity index (χ4n) is 2.57. The Morgan fingerprint density at radius 3 is 1.81 bits per heavy atom. The molecule has 0 aromatic heterocycles. The minimum absolute atomic E-state index is 0.148. The van der Waals surface area contributed by atoms with Crippen LogP contribution in [-0.2, 0) is 13.7 Å². The van der Waals surface area contributed by atoms with Crippen molar-refractivity contribution in [2.75, 3.05) is 12.5 Å². The van der Waals surface area contributed by atoms with E-state index in [9.17, 15) is 58.1 Å². The van der Waals surface area contributed by atoms with Crippen molar-refractivity contribution in [3.05, 3.63) is 30.3 Å². The third-order valence-corrected chi connectivity index (χ3v) is 8.54. The Hall–Kier alpha value is -2.07. The van der Waals surface area contributed by atoms with Gasteiger partial charge in [-0.25, -0.2) is 3.63 Å². The molecule has 0 spiro atoms. The number of aromatic hydroxyl groups is 2. The molecule has 0 fully saturated rings. The minimum atomic E-state index is -7.44. The molecule has 16 heteroatoms. The summed E-state index contributed by atoms with van der Waals surface area (Å²) in [7, 11) is -10.8. The molecule has 0 bridgehead atoms. The molecular formula is C16H13F9O5S2. The topological polar surface area (TPSA) is 83.8 Å². The van der Waals surface area contributed by atoms with Gasteiger partial charge in [0.25, 0.3) is 0 Å². The number of benzene rings is 2. The average Bonchev–Trinajstić information content (AvgIpc) is 2.60. The van der Waals surface area contributed by atoms with E-state index in [1.807, 2.05) is 0 Å². The molecule has 0 aliphatic rings. The number of alkyl halides is 9. The summed E-state index contributed by atoms with van der Waals surface area (Å²) in [4.78, 5) is -0.423. The standard InChI is InChI=1S/C16H13F9O5S2/c1-31(2,11-7-6-9(26)8-4-3-5-10(27)12(8)11)30-32(28,29)16(24,25)14(19,20)13(17,18)15(21,22)23/h3-7,26-27H,1-2H3. The van der Waals surface area contributed by atoms with Crippen LogP contribution in [0.4, 0.5) is 39.5 Å². The number of phenols is 2. The fraction of sp³-hybridized carbons (Fsp3) is 0.375. The molecule has 182 valence electrons. The summed E-state index contributed by atoms with van der Waals surface area (Å²) in [6, 6.07) is 5.25. The Morgan fingerprint density at radius 1 is 0.781 bits per heavy atom. The first-order valence-electron chi connectivity index (χ1n) is 7.94. The summed E-state index contributed by atoms with van der Waals surface area (Å²) in [5.41, 5.74) is 0. The fourth-order valence-corrected chi connectivity index (χ4v) is 6.54. The summed E-state index contributed by atoms with van der Waals surface area (Å²) in [5.74, 6) is -16.0. The van der Waals surface area contributed by atoms with Gasteiger partial charge in [0.1, 0.15) is 11.5 Å². The van der Waals surface area contributed by atoms with E-state index in [2.05, 4.69) is 3.63 Å². The SMILES string of the molecule is CS(C)(OS(=O)(=O)C(F)(F)C(F)(F)C(F)(F)C(F)(F)F)c1ccc(O)c2cccc(O)c12. The molecule has 0 unspecified atom stereocenters. The summed E-state index contributed by atoms with van der Waals surface area (Å²) in [5, 5.41) is 12.4. The van der Waals surface area contributed by atoms with Gasteiger partial charge in [-0.3, -0.25) is 0 Å². The Morgan fingerprint density at radius 2 is 1.31 bits per heavy atom. The van der Waals surface area contributed by atoms with Crippen molar-refractivity contribution >= 4 is 31.2 Å². The van der Waals surface area contributed by atoms with Gasteiger partial charge in [-0.05, 0) is 30.7 Å². The van der Waals surface area contributed by atoms with Crippen LogP contribution in [0.2, 0.25) is 0 Å². The molecular weight excluding hydrogens is 507 g/mol. The lowest BCUT2D eigenvalue weighted by Gasteiger charge is -2.36. The van der Waals surface area contributed by atoms with E-state index >= 15 is 0 Å². The van der Waals surface area contributed by atoms with E-state index < -0.39 is 60.1 Å². The van der Waals surface area contributed by atoms with Crippen LogP contribution >= 0.6 is 10.3 Å². The van der Waals surface area contributed by atoms with E-state index in [1.165, 1.54) is 12.1 Å². The highest BCUT2D eigenvalue weighted by molar-refractivity contribution is 8.32. The summed E-state index contributed by atoms with van der Waals surface area (Å²) in [6.07, 6.45) is -5.69. The Kier molecular flexibility index (Phi) is 6.12. The summed E-state index contributed by atoms with van der Waals surface area (Å²) in [6.45, 7) is 0. The van der Waals surface area contributed by atoms with Gasteiger partial charge in [-0.2, -0.15) is 47.9 Å². The highest BCUT2D eigenvalue weighted by Gasteiger charge is 2.86. The molecule has 2 N–H and O–H groups in total. The maximum Gasteiger partial charge on any atom is 0.460 e. The molecule has 32 heavy (non-hydrogen) atoms. The molecule has 0 atom stereocenters. The normalized spacial score (nSPS) is 15.2. The quantitative estimate of drug-likeness (QED) is 0.501. The average molecular weight is 520 g/mol. The molecule has 0 saturated heterocycles. The number of rotatable bonds is 6. The lowest BCUT2D eigenvalue weighted by atomic mass is 10.1. The first-order chi connectivity index (χ1) is 14.1. The van der Waals surface area contributed by atoms with Crippen LogP contribution in [0.25, 0.3) is 10.8 Å². The number of phenolic OH excluding ortho intramolecular Hbond substituents is 2. The van der Waals surface area contributed by atoms with Crippen LogP contribution < -0.4 is 0 Å². The maximum atomic E-state index is 14.0. The molecule has 2 aromatic carbocycles. The van der Waals surface area contributed by atoms with Crippen LogP contribution in [-0.4, -0.2) is 54.4 Å². The molecule has 2 aromatic rings. The maximum absolute atomic E-state index is 14.0. The lowest BCUT2D eigenvalue weighted by molar-refractivity contribution is -0.382. The van der Waals surface area contributed by atoms with Crippen molar-refractivity contribution < 1.29 is 61.8 Å². The van der Waals surface area contributed by atoms with Crippen LogP contribution in [0.5, 0.6) is 11.5 Å². The first kappa shape index (κ1) is 26.2. The van der Waals surface area contributed by atoms with E-state index in [4.69, 9.17) is 0 Å². The monoisotopic (exact) mass is 520 g/mol. The van der Waals surface area contributed by atoms with E-state index in [-0.39, 0.29) is 10.8 Å². The highest BCUT2D eigenvalue weighted by atomic mass is 32.3. The third kappa shape index (κ3) is 3.81. The number of fused-ring (bicyclic) bond motifs is 1. The van der Waals surface area contributed by atoms with Gasteiger partial charge in [0.05, 0.1) is 0 Å². The molecule has 5 nitrogen and oxygen atoms in total. The van der Waals surface area contributed by atoms with Crippen molar-refractivity contribution in [1.82, 2.24) is 0 Å².